The molecule has 2 fully saturated rings. The standard InChI is InChI=1S/C27H28FN3O2/c28-22-10-5-4-9-21(22)19-27(13-17-33-18-14-27)26(32)31-16-6-11-24(31)23-12-15-29-25(30-23)20-7-2-1-3-8-20/h1-5,7-10,12,15,24H,6,11,13-14,16-19H2. The van der Waals surface area contributed by atoms with Gasteiger partial charge in [-0.25, -0.2) is 14.4 Å². The van der Waals surface area contributed by atoms with Gasteiger partial charge in [-0.1, -0.05) is 48.5 Å². The van der Waals surface area contributed by atoms with Crippen molar-refractivity contribution in [1.29, 1.82) is 0 Å². The molecule has 0 saturated carbocycles. The van der Waals surface area contributed by atoms with Crippen LogP contribution in [0.5, 0.6) is 0 Å². The number of amides is 1. The fourth-order valence-electron chi connectivity index (χ4n) is 5.14. The number of aromatic nitrogens is 2. The van der Waals surface area contributed by atoms with Gasteiger partial charge in [0, 0.05) is 31.5 Å². The van der Waals surface area contributed by atoms with E-state index in [9.17, 15) is 9.18 Å². The molecule has 0 aliphatic carbocycles. The minimum absolute atomic E-state index is 0.0939. The molecule has 2 saturated heterocycles. The van der Waals surface area contributed by atoms with Crippen LogP contribution in [0.2, 0.25) is 0 Å². The van der Waals surface area contributed by atoms with E-state index in [0.717, 1.165) is 24.1 Å². The fraction of sp³-hybridized carbons (Fsp3) is 0.370. The molecule has 1 unspecified atom stereocenters. The number of carbonyl (C=O) groups excluding carboxylic acids is 1. The van der Waals surface area contributed by atoms with Gasteiger partial charge in [-0.15, -0.1) is 0 Å². The lowest BCUT2D eigenvalue weighted by Gasteiger charge is -2.40. The maximum absolute atomic E-state index is 14.5. The number of hydrogen-bond donors (Lipinski definition) is 0. The lowest BCUT2D eigenvalue weighted by atomic mass is 9.73. The number of benzene rings is 2. The van der Waals surface area contributed by atoms with Gasteiger partial charge in [-0.05, 0) is 49.8 Å². The zero-order valence-electron chi connectivity index (χ0n) is 18.6. The van der Waals surface area contributed by atoms with Gasteiger partial charge < -0.3 is 9.64 Å². The third kappa shape index (κ3) is 4.40. The second kappa shape index (κ2) is 9.40. The van der Waals surface area contributed by atoms with Crippen LogP contribution in [0.25, 0.3) is 11.4 Å². The Bertz CT molecular complexity index is 1120. The summed E-state index contributed by atoms with van der Waals surface area (Å²) in [7, 11) is 0. The summed E-state index contributed by atoms with van der Waals surface area (Å²) in [5, 5.41) is 0. The summed E-state index contributed by atoms with van der Waals surface area (Å²) in [4.78, 5) is 25.3. The molecule has 0 N–H and O–H groups in total. The van der Waals surface area contributed by atoms with Gasteiger partial charge in [0.2, 0.25) is 5.91 Å². The first-order valence-corrected chi connectivity index (χ1v) is 11.7. The highest BCUT2D eigenvalue weighted by Gasteiger charge is 2.46. The monoisotopic (exact) mass is 445 g/mol. The second-order valence-corrected chi connectivity index (χ2v) is 8.99. The van der Waals surface area contributed by atoms with Gasteiger partial charge in [-0.2, -0.15) is 0 Å². The quantitative estimate of drug-likeness (QED) is 0.556. The minimum atomic E-state index is -0.654. The van der Waals surface area contributed by atoms with Crippen LogP contribution in [-0.4, -0.2) is 40.5 Å². The first-order chi connectivity index (χ1) is 16.2. The second-order valence-electron chi connectivity index (χ2n) is 8.99. The van der Waals surface area contributed by atoms with Crippen molar-refractivity contribution in [2.45, 2.75) is 38.1 Å². The number of carbonyl (C=O) groups is 1. The Hall–Kier alpha value is -3.12. The average molecular weight is 446 g/mol. The Morgan fingerprint density at radius 2 is 1.82 bits per heavy atom. The Morgan fingerprint density at radius 1 is 1.06 bits per heavy atom. The number of halogens is 1. The maximum atomic E-state index is 14.5. The molecule has 2 aromatic carbocycles. The van der Waals surface area contributed by atoms with Crippen molar-refractivity contribution in [3.05, 3.63) is 83.9 Å². The van der Waals surface area contributed by atoms with E-state index in [4.69, 9.17) is 9.72 Å². The number of hydrogen-bond acceptors (Lipinski definition) is 4. The lowest BCUT2D eigenvalue weighted by molar-refractivity contribution is -0.149. The Kier molecular flexibility index (Phi) is 6.18. The number of nitrogens with zero attached hydrogens (tertiary/aromatic N) is 3. The number of ether oxygens (including phenoxy) is 1. The zero-order valence-corrected chi connectivity index (χ0v) is 18.6. The molecule has 3 aromatic rings. The van der Waals surface area contributed by atoms with E-state index >= 15 is 0 Å². The lowest BCUT2D eigenvalue weighted by Crippen LogP contribution is -2.48. The van der Waals surface area contributed by atoms with Gasteiger partial charge in [0.05, 0.1) is 17.2 Å². The molecule has 2 aliphatic heterocycles. The fourth-order valence-corrected chi connectivity index (χ4v) is 5.14. The van der Waals surface area contributed by atoms with Crippen molar-refractivity contribution in [3.8, 4) is 11.4 Å². The molecule has 1 amide bonds. The highest BCUT2D eigenvalue weighted by atomic mass is 19.1. The zero-order chi connectivity index (χ0) is 22.7. The van der Waals surface area contributed by atoms with Crippen molar-refractivity contribution in [3.63, 3.8) is 0 Å². The van der Waals surface area contributed by atoms with Gasteiger partial charge >= 0.3 is 0 Å². The molecular weight excluding hydrogens is 417 g/mol. The molecule has 5 nitrogen and oxygen atoms in total. The van der Waals surface area contributed by atoms with Crippen LogP contribution in [0, 0.1) is 11.2 Å². The molecule has 0 radical (unpaired) electrons. The summed E-state index contributed by atoms with van der Waals surface area (Å²) in [6.07, 6.45) is 5.15. The molecule has 2 aliphatic rings. The summed E-state index contributed by atoms with van der Waals surface area (Å²) >= 11 is 0. The molecule has 0 bridgehead atoms. The Morgan fingerprint density at radius 3 is 2.61 bits per heavy atom. The summed E-state index contributed by atoms with van der Waals surface area (Å²) < 4.78 is 20.1. The maximum Gasteiger partial charge on any atom is 0.229 e. The van der Waals surface area contributed by atoms with Gasteiger partial charge in [-0.3, -0.25) is 4.79 Å². The molecule has 1 aromatic heterocycles. The van der Waals surface area contributed by atoms with Crippen molar-refractivity contribution in [1.82, 2.24) is 14.9 Å². The first-order valence-electron chi connectivity index (χ1n) is 11.7. The molecule has 1 atom stereocenters. The van der Waals surface area contributed by atoms with E-state index in [1.54, 1.807) is 18.3 Å². The molecular formula is C27H28FN3O2. The van der Waals surface area contributed by atoms with Gasteiger partial charge in [0.1, 0.15) is 5.82 Å². The number of rotatable bonds is 5. The third-order valence-corrected chi connectivity index (χ3v) is 6.95. The van der Waals surface area contributed by atoms with Crippen LogP contribution >= 0.6 is 0 Å². The predicted octanol–water partition coefficient (Wildman–Crippen LogP) is 4.99. The SMILES string of the molecule is O=C(N1CCCC1c1ccnc(-c2ccccc2)n1)C1(Cc2ccccc2F)CCOCC1. The molecule has 0 spiro atoms. The summed E-state index contributed by atoms with van der Waals surface area (Å²) in [5.41, 5.74) is 1.76. The summed E-state index contributed by atoms with van der Waals surface area (Å²) in [6.45, 7) is 1.72. The van der Waals surface area contributed by atoms with E-state index in [0.29, 0.717) is 50.4 Å². The van der Waals surface area contributed by atoms with E-state index in [-0.39, 0.29) is 17.8 Å². The van der Waals surface area contributed by atoms with Gasteiger partial charge in [0.15, 0.2) is 5.82 Å². The van der Waals surface area contributed by atoms with Crippen LogP contribution < -0.4 is 0 Å². The largest absolute Gasteiger partial charge is 0.381 e. The highest BCUT2D eigenvalue weighted by Crippen LogP contribution is 2.42. The molecule has 6 heteroatoms. The van der Waals surface area contributed by atoms with Crippen LogP contribution in [0.1, 0.15) is 43.0 Å². The summed E-state index contributed by atoms with van der Waals surface area (Å²) in [6, 6.07) is 18.5. The van der Waals surface area contributed by atoms with E-state index in [1.807, 2.05) is 47.4 Å². The van der Waals surface area contributed by atoms with E-state index < -0.39 is 5.41 Å². The molecule has 33 heavy (non-hydrogen) atoms. The van der Waals surface area contributed by atoms with Crippen molar-refractivity contribution in [2.24, 2.45) is 5.41 Å². The van der Waals surface area contributed by atoms with Crippen LogP contribution in [0.3, 0.4) is 0 Å². The molecule has 3 heterocycles. The smallest absolute Gasteiger partial charge is 0.229 e. The normalized spacial score (nSPS) is 20.0. The van der Waals surface area contributed by atoms with E-state index in [2.05, 4.69) is 4.98 Å². The molecule has 170 valence electrons. The van der Waals surface area contributed by atoms with Crippen molar-refractivity contribution < 1.29 is 13.9 Å². The van der Waals surface area contributed by atoms with Crippen LogP contribution in [0.15, 0.2) is 66.9 Å². The Labute approximate surface area is 193 Å². The topological polar surface area (TPSA) is 55.3 Å². The molecule has 5 rings (SSSR count). The summed E-state index contributed by atoms with van der Waals surface area (Å²) in [5.74, 6) is 0.508. The number of likely N-dealkylation sites (tertiary alicyclic amines) is 1. The Balaban J connectivity index is 1.45. The van der Waals surface area contributed by atoms with Gasteiger partial charge in [0.25, 0.3) is 0 Å². The van der Waals surface area contributed by atoms with E-state index in [1.165, 1.54) is 6.07 Å². The minimum Gasteiger partial charge on any atom is -0.381 e. The van der Waals surface area contributed by atoms with Crippen LogP contribution in [-0.2, 0) is 16.0 Å². The van der Waals surface area contributed by atoms with Crippen molar-refractivity contribution >= 4 is 5.91 Å². The van der Waals surface area contributed by atoms with Crippen LogP contribution in [0.4, 0.5) is 4.39 Å². The predicted molar refractivity (Wildman–Crippen MR) is 124 cm³/mol. The third-order valence-electron chi connectivity index (χ3n) is 6.95. The van der Waals surface area contributed by atoms with Crippen molar-refractivity contribution in [2.75, 3.05) is 19.8 Å². The highest BCUT2D eigenvalue weighted by molar-refractivity contribution is 5.84. The first kappa shape index (κ1) is 21.7. The average Bonchev–Trinajstić information content (AvgIpc) is 3.36.